The van der Waals surface area contributed by atoms with E-state index in [4.69, 9.17) is 0 Å². The first-order valence-corrected chi connectivity index (χ1v) is 7.95. The van der Waals surface area contributed by atoms with Gasteiger partial charge in [0, 0.05) is 26.0 Å². The number of unbranched alkanes of at least 4 members (excludes halogenated alkanes) is 7. The number of rotatable bonds is 10. The van der Waals surface area contributed by atoms with Gasteiger partial charge in [-0.05, 0) is 12.8 Å². The Bertz CT molecular complexity index is 225. The van der Waals surface area contributed by atoms with Crippen LogP contribution in [0.1, 0.15) is 71.6 Å². The fourth-order valence-corrected chi connectivity index (χ4v) is 2.80. The molecule has 2 heteroatoms. The van der Waals surface area contributed by atoms with E-state index in [1.807, 2.05) is 0 Å². The molecule has 0 bridgehead atoms. The zero-order chi connectivity index (χ0) is 13.2. The van der Waals surface area contributed by atoms with Gasteiger partial charge in [-0.2, -0.15) is 0 Å². The highest BCUT2D eigenvalue weighted by atomic mass is 15.4. The summed E-state index contributed by atoms with van der Waals surface area (Å²) in [4.78, 5) is 4.82. The predicted octanol–water partition coefficient (Wildman–Crippen LogP) is 4.58. The number of nitrogens with zero attached hydrogens (tertiary/aromatic N) is 2. The summed E-state index contributed by atoms with van der Waals surface area (Å²) in [7, 11) is 2.18. The van der Waals surface area contributed by atoms with Gasteiger partial charge in [-0.25, -0.2) is 0 Å². The highest BCUT2D eigenvalue weighted by Crippen LogP contribution is 2.17. The second-order valence-electron chi connectivity index (χ2n) is 5.57. The van der Waals surface area contributed by atoms with Gasteiger partial charge < -0.3 is 9.80 Å². The molecule has 106 valence electrons. The van der Waals surface area contributed by atoms with E-state index < -0.39 is 0 Å². The summed E-state index contributed by atoms with van der Waals surface area (Å²) in [5, 5.41) is 0. The van der Waals surface area contributed by atoms with Crippen LogP contribution >= 0.6 is 0 Å². The number of hydrogen-bond acceptors (Lipinski definition) is 2. The molecule has 0 saturated heterocycles. The summed E-state index contributed by atoms with van der Waals surface area (Å²) >= 11 is 0. The molecular weight excluding hydrogens is 220 g/mol. The van der Waals surface area contributed by atoms with Gasteiger partial charge in [-0.1, -0.05) is 58.8 Å². The van der Waals surface area contributed by atoms with Gasteiger partial charge in [-0.3, -0.25) is 0 Å². The molecule has 1 atom stereocenters. The van der Waals surface area contributed by atoms with Crippen LogP contribution in [0.5, 0.6) is 0 Å². The van der Waals surface area contributed by atoms with Crippen molar-refractivity contribution in [2.24, 2.45) is 0 Å². The Hall–Kier alpha value is -0.660. The molecule has 1 rings (SSSR count). The molecule has 0 aromatic heterocycles. The summed E-state index contributed by atoms with van der Waals surface area (Å²) in [5.41, 5.74) is 0. The van der Waals surface area contributed by atoms with E-state index in [1.54, 1.807) is 0 Å². The molecular formula is C16H32N2. The Balaban J connectivity index is 1.96. The van der Waals surface area contributed by atoms with Gasteiger partial charge in [-0.15, -0.1) is 0 Å². The fourth-order valence-electron chi connectivity index (χ4n) is 2.80. The highest BCUT2D eigenvalue weighted by Gasteiger charge is 2.20. The summed E-state index contributed by atoms with van der Waals surface area (Å²) < 4.78 is 0. The van der Waals surface area contributed by atoms with E-state index in [2.05, 4.69) is 43.1 Å². The first-order valence-electron chi connectivity index (χ1n) is 7.95. The zero-order valence-corrected chi connectivity index (χ0v) is 12.7. The summed E-state index contributed by atoms with van der Waals surface area (Å²) in [6, 6.07) is 0. The molecule has 0 spiro atoms. The Morgan fingerprint density at radius 2 is 1.44 bits per heavy atom. The maximum Gasteiger partial charge on any atom is 0.100 e. The molecule has 1 aliphatic heterocycles. The number of hydrogen-bond donors (Lipinski definition) is 0. The lowest BCUT2D eigenvalue weighted by Crippen LogP contribution is -2.36. The topological polar surface area (TPSA) is 6.48 Å². The van der Waals surface area contributed by atoms with Crippen molar-refractivity contribution in [1.82, 2.24) is 9.80 Å². The standard InChI is InChI=1S/C16H32N2/c1-4-6-7-8-9-10-11-12-13-18-15-14-17(3)16(18)5-2/h14-16H,4-13H2,1-3H3. The monoisotopic (exact) mass is 252 g/mol. The van der Waals surface area contributed by atoms with E-state index in [0.29, 0.717) is 6.17 Å². The van der Waals surface area contributed by atoms with Crippen LogP contribution in [0.2, 0.25) is 0 Å². The molecule has 1 unspecified atom stereocenters. The van der Waals surface area contributed by atoms with Crippen LogP contribution in [-0.4, -0.2) is 29.6 Å². The lowest BCUT2D eigenvalue weighted by molar-refractivity contribution is 0.168. The molecule has 0 aliphatic carbocycles. The Labute approximate surface area is 114 Å². The van der Waals surface area contributed by atoms with Crippen LogP contribution in [0.15, 0.2) is 12.4 Å². The molecule has 0 saturated carbocycles. The lowest BCUT2D eigenvalue weighted by Gasteiger charge is -2.29. The van der Waals surface area contributed by atoms with Crippen LogP contribution in [0.4, 0.5) is 0 Å². The average molecular weight is 252 g/mol. The minimum Gasteiger partial charge on any atom is -0.359 e. The summed E-state index contributed by atoms with van der Waals surface area (Å²) in [6.45, 7) is 5.79. The van der Waals surface area contributed by atoms with Crippen LogP contribution < -0.4 is 0 Å². The maximum absolute atomic E-state index is 2.50. The van der Waals surface area contributed by atoms with Crippen molar-refractivity contribution in [3.63, 3.8) is 0 Å². The third-order valence-electron chi connectivity index (χ3n) is 3.98. The fraction of sp³-hybridized carbons (Fsp3) is 0.875. The van der Waals surface area contributed by atoms with Crippen molar-refractivity contribution in [2.45, 2.75) is 77.8 Å². The zero-order valence-electron chi connectivity index (χ0n) is 12.7. The second-order valence-corrected chi connectivity index (χ2v) is 5.57. The van der Waals surface area contributed by atoms with Crippen LogP contribution in [-0.2, 0) is 0 Å². The first kappa shape index (κ1) is 15.4. The van der Waals surface area contributed by atoms with E-state index in [0.717, 1.165) is 0 Å². The smallest absolute Gasteiger partial charge is 0.100 e. The molecule has 18 heavy (non-hydrogen) atoms. The van der Waals surface area contributed by atoms with Crippen molar-refractivity contribution >= 4 is 0 Å². The summed E-state index contributed by atoms with van der Waals surface area (Å²) in [5.74, 6) is 0. The third-order valence-corrected chi connectivity index (χ3v) is 3.98. The summed E-state index contributed by atoms with van der Waals surface area (Å²) in [6.07, 6.45) is 17.5. The normalized spacial score (nSPS) is 18.9. The van der Waals surface area contributed by atoms with Gasteiger partial charge in [0.1, 0.15) is 6.17 Å². The van der Waals surface area contributed by atoms with E-state index in [1.165, 1.54) is 64.3 Å². The second kappa shape index (κ2) is 9.29. The minimum absolute atomic E-state index is 0.606. The lowest BCUT2D eigenvalue weighted by atomic mass is 10.1. The highest BCUT2D eigenvalue weighted by molar-refractivity contribution is 4.94. The van der Waals surface area contributed by atoms with Crippen molar-refractivity contribution < 1.29 is 0 Å². The van der Waals surface area contributed by atoms with Gasteiger partial charge >= 0.3 is 0 Å². The van der Waals surface area contributed by atoms with Crippen molar-refractivity contribution in [3.8, 4) is 0 Å². The Kier molecular flexibility index (Phi) is 7.95. The van der Waals surface area contributed by atoms with E-state index in [9.17, 15) is 0 Å². The van der Waals surface area contributed by atoms with E-state index in [-0.39, 0.29) is 0 Å². The van der Waals surface area contributed by atoms with Gasteiger partial charge in [0.05, 0.1) is 0 Å². The van der Waals surface area contributed by atoms with Crippen LogP contribution in [0.3, 0.4) is 0 Å². The van der Waals surface area contributed by atoms with Crippen LogP contribution in [0.25, 0.3) is 0 Å². The quantitative estimate of drug-likeness (QED) is 0.525. The third kappa shape index (κ3) is 5.32. The largest absolute Gasteiger partial charge is 0.359 e. The van der Waals surface area contributed by atoms with Gasteiger partial charge in [0.2, 0.25) is 0 Å². The predicted molar refractivity (Wildman–Crippen MR) is 80.3 cm³/mol. The minimum atomic E-state index is 0.606. The SMILES string of the molecule is CCCCCCCCCCN1C=CN(C)C1CC. The Morgan fingerprint density at radius 1 is 0.833 bits per heavy atom. The van der Waals surface area contributed by atoms with Gasteiger partial charge in [0.25, 0.3) is 0 Å². The molecule has 1 heterocycles. The van der Waals surface area contributed by atoms with Crippen LogP contribution in [0, 0.1) is 0 Å². The van der Waals surface area contributed by atoms with Gasteiger partial charge in [0.15, 0.2) is 0 Å². The molecule has 2 nitrogen and oxygen atoms in total. The van der Waals surface area contributed by atoms with Crippen molar-refractivity contribution in [1.29, 1.82) is 0 Å². The molecule has 0 aromatic rings. The van der Waals surface area contributed by atoms with Crippen molar-refractivity contribution in [2.75, 3.05) is 13.6 Å². The molecule has 1 aliphatic rings. The molecule has 0 N–H and O–H groups in total. The Morgan fingerprint density at radius 3 is 2.06 bits per heavy atom. The molecule has 0 aromatic carbocycles. The maximum atomic E-state index is 2.50. The molecule has 0 fully saturated rings. The molecule has 0 amide bonds. The van der Waals surface area contributed by atoms with Crippen molar-refractivity contribution in [3.05, 3.63) is 12.4 Å². The average Bonchev–Trinajstić information content (AvgIpc) is 2.73. The van der Waals surface area contributed by atoms with E-state index >= 15 is 0 Å². The molecule has 0 radical (unpaired) electrons. The first-order chi connectivity index (χ1) is 8.79.